The Balaban J connectivity index is 1.77. The van der Waals surface area contributed by atoms with E-state index in [0.717, 1.165) is 21.8 Å². The lowest BCUT2D eigenvalue weighted by molar-refractivity contribution is -0.123. The van der Waals surface area contributed by atoms with Crippen LogP contribution in [0.4, 0.5) is 0 Å². The SMILES string of the molecule is Cc1cc(OCCC(C#N)C(=O)NCCc2cnc[nH]2)cc(C)c1Cl. The molecule has 0 bridgehead atoms. The highest BCUT2D eigenvalue weighted by atomic mass is 35.5. The number of carbonyl (C=O) groups is 1. The van der Waals surface area contributed by atoms with Crippen LogP contribution < -0.4 is 10.1 Å². The molecule has 0 radical (unpaired) electrons. The molecule has 2 N–H and O–H groups in total. The van der Waals surface area contributed by atoms with Gasteiger partial charge in [0.15, 0.2) is 0 Å². The maximum absolute atomic E-state index is 12.1. The van der Waals surface area contributed by atoms with Crippen LogP contribution in [0.25, 0.3) is 0 Å². The van der Waals surface area contributed by atoms with Gasteiger partial charge in [0, 0.05) is 36.3 Å². The van der Waals surface area contributed by atoms with Gasteiger partial charge in [-0.3, -0.25) is 4.79 Å². The number of halogens is 1. The first-order chi connectivity index (χ1) is 12.0. The van der Waals surface area contributed by atoms with Crippen LogP contribution in [0, 0.1) is 31.1 Å². The summed E-state index contributed by atoms with van der Waals surface area (Å²) in [7, 11) is 0. The van der Waals surface area contributed by atoms with E-state index < -0.39 is 5.92 Å². The van der Waals surface area contributed by atoms with Crippen LogP contribution >= 0.6 is 11.6 Å². The highest BCUT2D eigenvalue weighted by Crippen LogP contribution is 2.26. The molecular formula is C18H21ClN4O2. The smallest absolute Gasteiger partial charge is 0.237 e. The van der Waals surface area contributed by atoms with Crippen LogP contribution in [0.2, 0.25) is 5.02 Å². The van der Waals surface area contributed by atoms with Crippen LogP contribution in [-0.4, -0.2) is 29.0 Å². The van der Waals surface area contributed by atoms with Crippen LogP contribution in [0.3, 0.4) is 0 Å². The van der Waals surface area contributed by atoms with E-state index in [0.29, 0.717) is 25.1 Å². The molecule has 25 heavy (non-hydrogen) atoms. The maximum Gasteiger partial charge on any atom is 0.237 e. The number of nitriles is 1. The molecule has 0 aliphatic carbocycles. The summed E-state index contributed by atoms with van der Waals surface area (Å²) in [4.78, 5) is 18.9. The Morgan fingerprint density at radius 2 is 2.16 bits per heavy atom. The second kappa shape index (κ2) is 9.09. The van der Waals surface area contributed by atoms with Crippen LogP contribution in [0.1, 0.15) is 23.2 Å². The first-order valence-electron chi connectivity index (χ1n) is 8.05. The van der Waals surface area contributed by atoms with E-state index in [1.807, 2.05) is 32.0 Å². The molecule has 132 valence electrons. The number of hydrogen-bond acceptors (Lipinski definition) is 4. The first kappa shape index (κ1) is 18.8. The summed E-state index contributed by atoms with van der Waals surface area (Å²) in [5, 5.41) is 12.7. The monoisotopic (exact) mass is 360 g/mol. The van der Waals surface area contributed by atoms with E-state index in [-0.39, 0.29) is 12.5 Å². The van der Waals surface area contributed by atoms with Gasteiger partial charge >= 0.3 is 0 Å². The van der Waals surface area contributed by atoms with Crippen molar-refractivity contribution >= 4 is 17.5 Å². The first-order valence-corrected chi connectivity index (χ1v) is 8.43. The fraction of sp³-hybridized carbons (Fsp3) is 0.389. The third-order valence-electron chi connectivity index (χ3n) is 3.81. The number of imidazole rings is 1. The number of amides is 1. The number of benzene rings is 1. The van der Waals surface area contributed by atoms with Gasteiger partial charge in [0.05, 0.1) is 19.0 Å². The molecule has 2 rings (SSSR count). The van der Waals surface area contributed by atoms with Crippen LogP contribution in [-0.2, 0) is 11.2 Å². The van der Waals surface area contributed by atoms with Gasteiger partial charge in [0.1, 0.15) is 11.7 Å². The molecule has 1 unspecified atom stereocenters. The summed E-state index contributed by atoms with van der Waals surface area (Å²) in [6, 6.07) is 5.73. The number of hydrogen-bond donors (Lipinski definition) is 2. The fourth-order valence-electron chi connectivity index (χ4n) is 2.40. The highest BCUT2D eigenvalue weighted by molar-refractivity contribution is 6.32. The van der Waals surface area contributed by atoms with Gasteiger partial charge in [-0.25, -0.2) is 4.98 Å². The normalized spacial score (nSPS) is 11.6. The number of H-pyrrole nitrogens is 1. The second-order valence-corrected chi connectivity index (χ2v) is 6.19. The lowest BCUT2D eigenvalue weighted by Gasteiger charge is -2.12. The van der Waals surface area contributed by atoms with Crippen molar-refractivity contribution in [3.8, 4) is 11.8 Å². The number of aryl methyl sites for hydroxylation is 2. The Morgan fingerprint density at radius 3 is 2.76 bits per heavy atom. The van der Waals surface area contributed by atoms with Crippen LogP contribution in [0.15, 0.2) is 24.7 Å². The minimum absolute atomic E-state index is 0.283. The molecule has 0 saturated heterocycles. The summed E-state index contributed by atoms with van der Waals surface area (Å²) in [6.07, 6.45) is 4.27. The van der Waals surface area contributed by atoms with E-state index in [9.17, 15) is 10.1 Å². The lowest BCUT2D eigenvalue weighted by atomic mass is 10.1. The van der Waals surface area contributed by atoms with Gasteiger partial charge in [-0.2, -0.15) is 5.26 Å². The molecule has 1 aromatic carbocycles. The molecule has 1 aromatic heterocycles. The Morgan fingerprint density at radius 1 is 1.44 bits per heavy atom. The van der Waals surface area contributed by atoms with E-state index in [4.69, 9.17) is 16.3 Å². The Hall–Kier alpha value is -2.52. The second-order valence-electron chi connectivity index (χ2n) is 5.81. The van der Waals surface area contributed by atoms with Crippen LogP contribution in [0.5, 0.6) is 5.75 Å². The molecule has 7 heteroatoms. The molecule has 1 atom stereocenters. The number of aromatic amines is 1. The highest BCUT2D eigenvalue weighted by Gasteiger charge is 2.17. The molecule has 0 spiro atoms. The molecular weight excluding hydrogens is 340 g/mol. The van der Waals surface area contributed by atoms with Crippen molar-refractivity contribution in [3.63, 3.8) is 0 Å². The number of rotatable bonds is 8. The molecule has 2 aromatic rings. The van der Waals surface area contributed by atoms with Crippen molar-refractivity contribution in [2.75, 3.05) is 13.2 Å². The maximum atomic E-state index is 12.1. The number of aromatic nitrogens is 2. The van der Waals surface area contributed by atoms with E-state index >= 15 is 0 Å². The summed E-state index contributed by atoms with van der Waals surface area (Å²) in [6.45, 7) is 4.56. The predicted octanol–water partition coefficient (Wildman–Crippen LogP) is 2.95. The molecule has 6 nitrogen and oxygen atoms in total. The van der Waals surface area contributed by atoms with Crippen molar-refractivity contribution in [1.29, 1.82) is 5.26 Å². The van der Waals surface area contributed by atoms with Crippen molar-refractivity contribution < 1.29 is 9.53 Å². The van der Waals surface area contributed by atoms with Crippen molar-refractivity contribution in [1.82, 2.24) is 15.3 Å². The van der Waals surface area contributed by atoms with Gasteiger partial charge in [-0.1, -0.05) is 11.6 Å². The van der Waals surface area contributed by atoms with E-state index in [2.05, 4.69) is 15.3 Å². The fourth-order valence-corrected chi connectivity index (χ4v) is 2.51. The van der Waals surface area contributed by atoms with Gasteiger partial charge in [0.2, 0.25) is 5.91 Å². The van der Waals surface area contributed by atoms with Crippen molar-refractivity contribution in [2.45, 2.75) is 26.7 Å². The third kappa shape index (κ3) is 5.50. The topological polar surface area (TPSA) is 90.8 Å². The van der Waals surface area contributed by atoms with E-state index in [1.165, 1.54) is 0 Å². The average Bonchev–Trinajstić information content (AvgIpc) is 3.09. The third-order valence-corrected chi connectivity index (χ3v) is 4.40. The predicted molar refractivity (Wildman–Crippen MR) is 95.4 cm³/mol. The van der Waals surface area contributed by atoms with Crippen molar-refractivity contribution in [3.05, 3.63) is 46.5 Å². The molecule has 1 amide bonds. The minimum atomic E-state index is -0.740. The minimum Gasteiger partial charge on any atom is -0.494 e. The molecule has 0 aliphatic rings. The van der Waals surface area contributed by atoms with Gasteiger partial charge in [0.25, 0.3) is 0 Å². The molecule has 0 saturated carbocycles. The van der Waals surface area contributed by atoms with Gasteiger partial charge in [-0.15, -0.1) is 0 Å². The summed E-state index contributed by atoms with van der Waals surface area (Å²) >= 11 is 6.13. The number of nitrogens with one attached hydrogen (secondary N) is 2. The Kier molecular flexibility index (Phi) is 6.84. The standard InChI is InChI=1S/C18H21ClN4O2/c1-12-7-16(8-13(2)17(12)19)25-6-4-14(9-20)18(24)22-5-3-15-10-21-11-23-15/h7-8,10-11,14H,3-6H2,1-2H3,(H,21,23)(H,22,24). The molecule has 0 fully saturated rings. The molecule has 0 aliphatic heterocycles. The zero-order chi connectivity index (χ0) is 18.2. The quantitative estimate of drug-likeness (QED) is 0.757. The largest absolute Gasteiger partial charge is 0.494 e. The summed E-state index contributed by atoms with van der Waals surface area (Å²) in [5.74, 6) is -0.332. The number of carbonyl (C=O) groups excluding carboxylic acids is 1. The summed E-state index contributed by atoms with van der Waals surface area (Å²) in [5.41, 5.74) is 2.81. The van der Waals surface area contributed by atoms with Crippen molar-refractivity contribution in [2.24, 2.45) is 5.92 Å². The average molecular weight is 361 g/mol. The van der Waals surface area contributed by atoms with E-state index in [1.54, 1.807) is 12.5 Å². The zero-order valence-electron chi connectivity index (χ0n) is 14.3. The number of ether oxygens (including phenoxy) is 1. The summed E-state index contributed by atoms with van der Waals surface area (Å²) < 4.78 is 5.67. The number of nitrogens with zero attached hydrogens (tertiary/aromatic N) is 2. The van der Waals surface area contributed by atoms with Gasteiger partial charge < -0.3 is 15.0 Å². The zero-order valence-corrected chi connectivity index (χ0v) is 15.1. The molecule has 1 heterocycles. The lowest BCUT2D eigenvalue weighted by Crippen LogP contribution is -2.32. The van der Waals surface area contributed by atoms with Gasteiger partial charge in [-0.05, 0) is 37.1 Å². The Bertz CT molecular complexity index is 730. The Labute approximate surface area is 152 Å².